The molecule has 0 saturated heterocycles. The molecule has 0 aliphatic heterocycles. The van der Waals surface area contributed by atoms with Crippen LogP contribution in [-0.2, 0) is 6.54 Å². The van der Waals surface area contributed by atoms with Crippen LogP contribution in [0.3, 0.4) is 0 Å². The third-order valence-corrected chi connectivity index (χ3v) is 5.44. The second kappa shape index (κ2) is 12.2. The number of rotatable bonds is 11. The van der Waals surface area contributed by atoms with Crippen molar-refractivity contribution in [2.75, 3.05) is 18.2 Å². The molecule has 7 nitrogen and oxygen atoms in total. The zero-order chi connectivity index (χ0) is 25.2. The van der Waals surface area contributed by atoms with Crippen LogP contribution in [0.15, 0.2) is 114 Å². The molecule has 0 aromatic heterocycles. The number of nitrogens with zero attached hydrogens (tertiary/aromatic N) is 3. The quantitative estimate of drug-likeness (QED) is 0.106. The van der Waals surface area contributed by atoms with Crippen LogP contribution in [0.5, 0.6) is 11.5 Å². The molecule has 0 aliphatic rings. The normalized spacial score (nSPS) is 11.1. The van der Waals surface area contributed by atoms with Crippen molar-refractivity contribution < 1.29 is 14.4 Å². The molecule has 0 radical (unpaired) electrons. The van der Waals surface area contributed by atoms with Crippen LogP contribution in [0.1, 0.15) is 18.1 Å². The molecule has 0 saturated carbocycles. The highest BCUT2D eigenvalue weighted by Crippen LogP contribution is 2.20. The number of nitro benzene ring substituents is 1. The van der Waals surface area contributed by atoms with Crippen molar-refractivity contribution in [3.05, 3.63) is 130 Å². The van der Waals surface area contributed by atoms with Crippen LogP contribution < -0.4 is 14.5 Å². The van der Waals surface area contributed by atoms with Crippen LogP contribution in [0.2, 0.25) is 0 Å². The third-order valence-electron chi connectivity index (χ3n) is 5.44. The van der Waals surface area contributed by atoms with Crippen LogP contribution in [-0.4, -0.2) is 23.8 Å². The number of para-hydroxylation sites is 1. The number of ether oxygens (including phenoxy) is 2. The van der Waals surface area contributed by atoms with Gasteiger partial charge in [-0.05, 0) is 66.6 Å². The Morgan fingerprint density at radius 2 is 1.31 bits per heavy atom. The average molecular weight is 482 g/mol. The molecule has 0 fully saturated rings. The van der Waals surface area contributed by atoms with Gasteiger partial charge in [0.1, 0.15) is 24.7 Å². The number of hydrazone groups is 1. The maximum Gasteiger partial charge on any atom is 0.269 e. The van der Waals surface area contributed by atoms with Gasteiger partial charge in [0.25, 0.3) is 5.69 Å². The van der Waals surface area contributed by atoms with E-state index < -0.39 is 4.92 Å². The number of hydrogen-bond donors (Lipinski definition) is 0. The van der Waals surface area contributed by atoms with Crippen molar-refractivity contribution in [3.8, 4) is 11.5 Å². The van der Waals surface area contributed by atoms with Gasteiger partial charge >= 0.3 is 0 Å². The molecule has 4 aromatic carbocycles. The fraction of sp³-hybridized carbons (Fsp3) is 0.138. The number of anilines is 1. The Bertz CT molecular complexity index is 1280. The molecule has 4 rings (SSSR count). The van der Waals surface area contributed by atoms with E-state index in [1.54, 1.807) is 12.1 Å². The van der Waals surface area contributed by atoms with Crippen LogP contribution >= 0.6 is 0 Å². The molecule has 0 spiro atoms. The minimum atomic E-state index is -0.439. The predicted octanol–water partition coefficient (Wildman–Crippen LogP) is 6.48. The Morgan fingerprint density at radius 3 is 1.86 bits per heavy atom. The van der Waals surface area contributed by atoms with Gasteiger partial charge in [0.15, 0.2) is 0 Å². The molecule has 0 heterocycles. The van der Waals surface area contributed by atoms with Crippen molar-refractivity contribution in [3.63, 3.8) is 0 Å². The van der Waals surface area contributed by atoms with E-state index in [2.05, 4.69) is 24.3 Å². The summed E-state index contributed by atoms with van der Waals surface area (Å²) in [5.41, 5.74) is 4.12. The standard InChI is InChI=1S/C29H27N3O4/c1-23(30-31(26-10-6-3-7-11-26)22-24-8-4-2-5-9-24)25-12-16-28(17-13-25)35-20-21-36-29-18-14-27(15-19-29)32(33)34/h2-19H,20-22H2,1H3/b30-23+. The van der Waals surface area contributed by atoms with Crippen LogP contribution in [0.25, 0.3) is 0 Å². The Balaban J connectivity index is 1.35. The molecule has 7 heteroatoms. The SMILES string of the molecule is C/C(=N\N(Cc1ccccc1)c1ccccc1)c1ccc(OCCOc2ccc([N+](=O)[O-])cc2)cc1. The van der Waals surface area contributed by atoms with E-state index in [-0.39, 0.29) is 5.69 Å². The fourth-order valence-corrected chi connectivity index (χ4v) is 3.56. The molecule has 0 bridgehead atoms. The monoisotopic (exact) mass is 481 g/mol. The van der Waals surface area contributed by atoms with Crippen molar-refractivity contribution in [2.24, 2.45) is 5.10 Å². The second-order valence-corrected chi connectivity index (χ2v) is 8.04. The lowest BCUT2D eigenvalue weighted by molar-refractivity contribution is -0.384. The van der Waals surface area contributed by atoms with E-state index in [0.29, 0.717) is 25.5 Å². The molecule has 0 atom stereocenters. The Labute approximate surface area is 210 Å². The summed E-state index contributed by atoms with van der Waals surface area (Å²) in [6, 6.07) is 34.1. The first-order valence-corrected chi connectivity index (χ1v) is 11.6. The third kappa shape index (κ3) is 6.93. The van der Waals surface area contributed by atoms with Gasteiger partial charge in [-0.3, -0.25) is 15.1 Å². The maximum atomic E-state index is 10.7. The summed E-state index contributed by atoms with van der Waals surface area (Å²) in [4.78, 5) is 10.3. The summed E-state index contributed by atoms with van der Waals surface area (Å²) in [6.07, 6.45) is 0. The minimum Gasteiger partial charge on any atom is -0.490 e. The van der Waals surface area contributed by atoms with E-state index in [0.717, 1.165) is 22.7 Å². The summed E-state index contributed by atoms with van der Waals surface area (Å²) < 4.78 is 11.4. The van der Waals surface area contributed by atoms with Crippen molar-refractivity contribution in [2.45, 2.75) is 13.5 Å². The molecule has 0 aliphatic carbocycles. The van der Waals surface area contributed by atoms with Crippen molar-refractivity contribution >= 4 is 17.1 Å². The molecular weight excluding hydrogens is 454 g/mol. The van der Waals surface area contributed by atoms with E-state index >= 15 is 0 Å². The summed E-state index contributed by atoms with van der Waals surface area (Å²) in [5, 5.41) is 17.6. The first-order chi connectivity index (χ1) is 17.6. The summed E-state index contributed by atoms with van der Waals surface area (Å²) in [6.45, 7) is 3.33. The number of non-ortho nitro benzene ring substituents is 1. The summed E-state index contributed by atoms with van der Waals surface area (Å²) >= 11 is 0. The van der Waals surface area contributed by atoms with E-state index in [4.69, 9.17) is 14.6 Å². The van der Waals surface area contributed by atoms with Gasteiger partial charge in [0.2, 0.25) is 0 Å². The van der Waals surface area contributed by atoms with E-state index in [9.17, 15) is 10.1 Å². The number of nitro groups is 1. The topological polar surface area (TPSA) is 77.2 Å². The maximum absolute atomic E-state index is 10.7. The van der Waals surface area contributed by atoms with E-state index in [1.807, 2.05) is 72.6 Å². The van der Waals surface area contributed by atoms with Gasteiger partial charge in [-0.2, -0.15) is 5.10 Å². The second-order valence-electron chi connectivity index (χ2n) is 8.04. The zero-order valence-corrected chi connectivity index (χ0v) is 20.0. The van der Waals surface area contributed by atoms with Gasteiger partial charge in [-0.1, -0.05) is 48.5 Å². The summed E-state index contributed by atoms with van der Waals surface area (Å²) in [5.74, 6) is 1.29. The molecule has 0 N–H and O–H groups in total. The predicted molar refractivity (Wildman–Crippen MR) is 142 cm³/mol. The van der Waals surface area contributed by atoms with Gasteiger partial charge < -0.3 is 9.47 Å². The lowest BCUT2D eigenvalue weighted by Gasteiger charge is -2.21. The first-order valence-electron chi connectivity index (χ1n) is 11.6. The smallest absolute Gasteiger partial charge is 0.269 e. The molecule has 0 unspecified atom stereocenters. The van der Waals surface area contributed by atoms with Gasteiger partial charge in [-0.25, -0.2) is 0 Å². The number of benzene rings is 4. The van der Waals surface area contributed by atoms with Crippen molar-refractivity contribution in [1.82, 2.24) is 0 Å². The Hall–Kier alpha value is -4.65. The zero-order valence-electron chi connectivity index (χ0n) is 20.0. The largest absolute Gasteiger partial charge is 0.490 e. The molecule has 36 heavy (non-hydrogen) atoms. The molecular formula is C29H27N3O4. The highest BCUT2D eigenvalue weighted by Gasteiger charge is 2.08. The Morgan fingerprint density at radius 1 is 0.778 bits per heavy atom. The first kappa shape index (κ1) is 24.5. The van der Waals surface area contributed by atoms with E-state index in [1.165, 1.54) is 17.7 Å². The van der Waals surface area contributed by atoms with Crippen molar-refractivity contribution in [1.29, 1.82) is 0 Å². The number of hydrogen-bond acceptors (Lipinski definition) is 6. The fourth-order valence-electron chi connectivity index (χ4n) is 3.56. The molecule has 4 aromatic rings. The van der Waals surface area contributed by atoms with Gasteiger partial charge in [-0.15, -0.1) is 0 Å². The average Bonchev–Trinajstić information content (AvgIpc) is 2.92. The van der Waals surface area contributed by atoms with Crippen LogP contribution in [0.4, 0.5) is 11.4 Å². The summed E-state index contributed by atoms with van der Waals surface area (Å²) in [7, 11) is 0. The van der Waals surface area contributed by atoms with Crippen LogP contribution in [0, 0.1) is 10.1 Å². The Kier molecular flexibility index (Phi) is 8.27. The highest BCUT2D eigenvalue weighted by molar-refractivity contribution is 5.99. The lowest BCUT2D eigenvalue weighted by Crippen LogP contribution is -2.18. The molecule has 0 amide bonds. The molecule has 182 valence electrons. The minimum absolute atomic E-state index is 0.0319. The highest BCUT2D eigenvalue weighted by atomic mass is 16.6. The van der Waals surface area contributed by atoms with Gasteiger partial charge in [0, 0.05) is 12.1 Å². The lowest BCUT2D eigenvalue weighted by atomic mass is 10.1. The van der Waals surface area contributed by atoms with Gasteiger partial charge in [0.05, 0.1) is 22.9 Å².